The highest BCUT2D eigenvalue weighted by Gasteiger charge is 2.51. The van der Waals surface area contributed by atoms with Gasteiger partial charge in [0.1, 0.15) is 0 Å². The maximum atomic E-state index is 10.5. The molecular weight excluding hydrogens is 486 g/mol. The van der Waals surface area contributed by atoms with Crippen LogP contribution in [0.15, 0.2) is 91.4 Å². The molecule has 6 aromatic rings. The molecule has 0 bridgehead atoms. The monoisotopic (exact) mass is 513 g/mol. The van der Waals surface area contributed by atoms with Gasteiger partial charge in [-0.3, -0.25) is 4.40 Å². The van der Waals surface area contributed by atoms with E-state index in [9.17, 15) is 5.11 Å². The topological polar surface area (TPSA) is 115 Å². The largest absolute Gasteiger partial charge is 0.390 e. The first-order valence-electron chi connectivity index (χ1n) is 13.1. The molecule has 2 aromatic carbocycles. The molecule has 3 N–H and O–H groups in total. The summed E-state index contributed by atoms with van der Waals surface area (Å²) in [5.74, 6) is 1.09. The number of pyridine rings is 2. The molecule has 0 atom stereocenters. The average molecular weight is 514 g/mol. The van der Waals surface area contributed by atoms with Crippen LogP contribution in [-0.2, 0) is 5.54 Å². The van der Waals surface area contributed by atoms with Crippen molar-refractivity contribution in [2.24, 2.45) is 5.73 Å². The molecule has 0 amide bonds. The summed E-state index contributed by atoms with van der Waals surface area (Å²) in [5.41, 5.74) is 12.0. The number of aliphatic hydroxyl groups is 1. The van der Waals surface area contributed by atoms with Crippen molar-refractivity contribution >= 4 is 16.6 Å². The number of hydrogen-bond donors (Lipinski definition) is 2. The Kier molecular flexibility index (Phi) is 5.30. The van der Waals surface area contributed by atoms with Gasteiger partial charge in [-0.2, -0.15) is 0 Å². The van der Waals surface area contributed by atoms with Crippen LogP contribution in [0.5, 0.6) is 0 Å². The van der Waals surface area contributed by atoms with Crippen LogP contribution in [0.2, 0.25) is 0 Å². The zero-order valence-electron chi connectivity index (χ0n) is 21.5. The zero-order chi connectivity index (χ0) is 26.6. The summed E-state index contributed by atoms with van der Waals surface area (Å²) in [7, 11) is 0. The van der Waals surface area contributed by atoms with Gasteiger partial charge in [-0.1, -0.05) is 61.5 Å². The molecule has 4 aromatic heterocycles. The van der Waals surface area contributed by atoms with E-state index in [4.69, 9.17) is 10.7 Å². The maximum absolute atomic E-state index is 10.5. The number of fused-ring (bicyclic) bond motifs is 3. The number of nitrogens with two attached hydrogens (primary N) is 1. The molecule has 1 fully saturated rings. The number of hydrogen-bond acceptors (Lipinski definition) is 7. The van der Waals surface area contributed by atoms with Gasteiger partial charge in [-0.05, 0) is 48.6 Å². The van der Waals surface area contributed by atoms with Gasteiger partial charge in [0.2, 0.25) is 5.82 Å². The van der Waals surface area contributed by atoms with Crippen molar-refractivity contribution in [1.29, 1.82) is 0 Å². The van der Waals surface area contributed by atoms with Crippen molar-refractivity contribution < 1.29 is 5.11 Å². The predicted molar refractivity (Wildman–Crippen MR) is 151 cm³/mol. The van der Waals surface area contributed by atoms with Crippen molar-refractivity contribution in [3.05, 3.63) is 97.0 Å². The standard InChI is InChI=1S/C31H27N7O/c1-2-30(39)18-31(32,19-30)22-11-9-21(10-12-22)26-23(20-7-4-3-5-8-20)17-24-25(35-26)13-16-38-28(24)36-37-29(38)27-33-14-6-15-34-27/h3-17,39H,2,18-19,32H2,1H3/t30-,31-. The second-order valence-corrected chi connectivity index (χ2v) is 10.5. The first-order chi connectivity index (χ1) is 19.0. The summed E-state index contributed by atoms with van der Waals surface area (Å²) in [6.07, 6.45) is 7.16. The Hall–Kier alpha value is -4.53. The molecule has 0 unspecified atom stereocenters. The lowest BCUT2D eigenvalue weighted by Gasteiger charge is -2.51. The fraction of sp³-hybridized carbons (Fsp3) is 0.194. The number of aromatic nitrogens is 6. The highest BCUT2D eigenvalue weighted by Crippen LogP contribution is 2.48. The molecule has 0 aliphatic heterocycles. The molecule has 1 aliphatic rings. The molecule has 0 spiro atoms. The molecule has 39 heavy (non-hydrogen) atoms. The van der Waals surface area contributed by atoms with Crippen molar-refractivity contribution in [3.63, 3.8) is 0 Å². The maximum Gasteiger partial charge on any atom is 0.206 e. The van der Waals surface area contributed by atoms with Crippen molar-refractivity contribution in [3.8, 4) is 34.0 Å². The Morgan fingerprint density at radius 3 is 2.36 bits per heavy atom. The molecule has 7 rings (SSSR count). The Bertz CT molecular complexity index is 1810. The Morgan fingerprint density at radius 2 is 1.64 bits per heavy atom. The van der Waals surface area contributed by atoms with E-state index in [1.165, 1.54) is 0 Å². The van der Waals surface area contributed by atoms with Gasteiger partial charge in [0.05, 0.1) is 16.8 Å². The van der Waals surface area contributed by atoms with E-state index in [1.807, 2.05) is 41.8 Å². The fourth-order valence-corrected chi connectivity index (χ4v) is 5.76. The van der Waals surface area contributed by atoms with Crippen LogP contribution < -0.4 is 5.73 Å². The molecule has 1 aliphatic carbocycles. The van der Waals surface area contributed by atoms with Gasteiger partial charge < -0.3 is 10.8 Å². The van der Waals surface area contributed by atoms with Crippen LogP contribution in [0.4, 0.5) is 0 Å². The third kappa shape index (κ3) is 3.88. The molecule has 8 heteroatoms. The number of rotatable bonds is 5. The Morgan fingerprint density at radius 1 is 0.897 bits per heavy atom. The first-order valence-corrected chi connectivity index (χ1v) is 13.1. The highest BCUT2D eigenvalue weighted by atomic mass is 16.3. The number of benzene rings is 2. The van der Waals surface area contributed by atoms with Gasteiger partial charge >= 0.3 is 0 Å². The minimum absolute atomic E-state index is 0.498. The third-order valence-electron chi connectivity index (χ3n) is 7.90. The smallest absolute Gasteiger partial charge is 0.206 e. The van der Waals surface area contributed by atoms with E-state index in [-0.39, 0.29) is 0 Å². The highest BCUT2D eigenvalue weighted by molar-refractivity contribution is 5.98. The second kappa shape index (κ2) is 8.76. The SMILES string of the molecule is CC[C@]1(O)C[C@@](N)(c2ccc(-c3nc4ccn5c(-c6ncccn6)nnc5c4cc3-c3ccccc3)cc2)C1. The Labute approximate surface area is 225 Å². The molecule has 192 valence electrons. The summed E-state index contributed by atoms with van der Waals surface area (Å²) in [4.78, 5) is 13.8. The quantitative estimate of drug-likeness (QED) is 0.327. The fourth-order valence-electron chi connectivity index (χ4n) is 5.76. The van der Waals surface area contributed by atoms with Crippen LogP contribution >= 0.6 is 0 Å². The second-order valence-electron chi connectivity index (χ2n) is 10.5. The van der Waals surface area contributed by atoms with Crippen molar-refractivity contribution in [2.45, 2.75) is 37.3 Å². The molecule has 4 heterocycles. The predicted octanol–water partition coefficient (Wildman–Crippen LogP) is 5.16. The molecule has 1 saturated carbocycles. The summed E-state index contributed by atoms with van der Waals surface area (Å²) in [6.45, 7) is 2.00. The van der Waals surface area contributed by atoms with E-state index < -0.39 is 11.1 Å². The average Bonchev–Trinajstić information content (AvgIpc) is 3.41. The van der Waals surface area contributed by atoms with Gasteiger partial charge in [-0.25, -0.2) is 15.0 Å². The van der Waals surface area contributed by atoms with E-state index in [0.717, 1.165) is 38.9 Å². The van der Waals surface area contributed by atoms with E-state index in [2.05, 4.69) is 62.6 Å². The van der Waals surface area contributed by atoms with Crippen LogP contribution in [0.1, 0.15) is 31.7 Å². The summed E-state index contributed by atoms with van der Waals surface area (Å²) >= 11 is 0. The lowest BCUT2D eigenvalue weighted by molar-refractivity contribution is -0.0916. The summed E-state index contributed by atoms with van der Waals surface area (Å²) in [5, 5.41) is 20.3. The van der Waals surface area contributed by atoms with Crippen molar-refractivity contribution in [2.75, 3.05) is 0 Å². The molecule has 0 radical (unpaired) electrons. The van der Waals surface area contributed by atoms with Crippen LogP contribution in [0.3, 0.4) is 0 Å². The van der Waals surface area contributed by atoms with Crippen molar-refractivity contribution in [1.82, 2.24) is 29.5 Å². The zero-order valence-corrected chi connectivity index (χ0v) is 21.5. The normalized spacial score (nSPS) is 20.8. The molecule has 0 saturated heterocycles. The van der Waals surface area contributed by atoms with Crippen LogP contribution in [-0.4, -0.2) is 40.3 Å². The lowest BCUT2D eigenvalue weighted by atomic mass is 9.61. The van der Waals surface area contributed by atoms with Gasteiger partial charge in [0, 0.05) is 40.6 Å². The van der Waals surface area contributed by atoms with Gasteiger partial charge in [0.25, 0.3) is 0 Å². The number of nitrogens with zero attached hydrogens (tertiary/aromatic N) is 6. The van der Waals surface area contributed by atoms with E-state index in [1.54, 1.807) is 18.5 Å². The molecular formula is C31H27N7O. The van der Waals surface area contributed by atoms with Gasteiger partial charge in [-0.15, -0.1) is 10.2 Å². The lowest BCUT2D eigenvalue weighted by Crippen LogP contribution is -2.59. The Balaban J connectivity index is 1.36. The summed E-state index contributed by atoms with van der Waals surface area (Å²) < 4.78 is 1.90. The van der Waals surface area contributed by atoms with Gasteiger partial charge in [0.15, 0.2) is 11.5 Å². The summed E-state index contributed by atoms with van der Waals surface area (Å²) in [6, 6.07) is 24.4. The first kappa shape index (κ1) is 23.6. The minimum atomic E-state index is -0.659. The minimum Gasteiger partial charge on any atom is -0.390 e. The van der Waals surface area contributed by atoms with E-state index in [0.29, 0.717) is 36.6 Å². The third-order valence-corrected chi connectivity index (χ3v) is 7.90. The van der Waals surface area contributed by atoms with Crippen LogP contribution in [0, 0.1) is 0 Å². The van der Waals surface area contributed by atoms with E-state index >= 15 is 0 Å². The van der Waals surface area contributed by atoms with Crippen LogP contribution in [0.25, 0.3) is 50.6 Å². The molecule has 8 nitrogen and oxygen atoms in total.